The second-order valence-electron chi connectivity index (χ2n) is 6.90. The minimum absolute atomic E-state index is 0.263. The smallest absolute Gasteiger partial charge is 0.223 e. The zero-order valence-electron chi connectivity index (χ0n) is 14.3. The number of hydrogen-bond acceptors (Lipinski definition) is 4. The molecule has 5 nitrogen and oxygen atoms in total. The predicted octanol–water partition coefficient (Wildman–Crippen LogP) is 1.17. The topological polar surface area (TPSA) is 47.0 Å². The second-order valence-corrected chi connectivity index (χ2v) is 6.90. The van der Waals surface area contributed by atoms with Gasteiger partial charge in [0.1, 0.15) is 0 Å². The normalized spacial score (nSPS) is 26.1. The zero-order chi connectivity index (χ0) is 15.9. The first-order valence-corrected chi connectivity index (χ1v) is 9.02. The first-order chi connectivity index (χ1) is 10.6. The average molecular weight is 311 g/mol. The quantitative estimate of drug-likeness (QED) is 0.800. The van der Waals surface area contributed by atoms with E-state index in [4.69, 9.17) is 0 Å². The van der Waals surface area contributed by atoms with Gasteiger partial charge in [-0.05, 0) is 32.6 Å². The monoisotopic (exact) mass is 311 g/mol. The number of likely N-dealkylation sites (tertiary alicyclic amines) is 1. The third-order valence-electron chi connectivity index (χ3n) is 5.01. The molecule has 0 aromatic carbocycles. The molecule has 0 aromatic rings. The highest BCUT2D eigenvalue weighted by Crippen LogP contribution is 2.15. The summed E-state index contributed by atoms with van der Waals surface area (Å²) in [6.45, 7) is 10.7. The summed E-state index contributed by atoms with van der Waals surface area (Å²) in [4.78, 5) is 19.1. The van der Waals surface area contributed by atoms with Gasteiger partial charge < -0.3 is 10.0 Å². The largest absolute Gasteiger partial charge is 0.392 e. The summed E-state index contributed by atoms with van der Waals surface area (Å²) in [7, 11) is 0. The Morgan fingerprint density at radius 2 is 1.91 bits per heavy atom. The minimum Gasteiger partial charge on any atom is -0.392 e. The van der Waals surface area contributed by atoms with E-state index in [1.54, 1.807) is 0 Å². The highest BCUT2D eigenvalue weighted by atomic mass is 16.3. The molecule has 22 heavy (non-hydrogen) atoms. The van der Waals surface area contributed by atoms with E-state index in [0.29, 0.717) is 18.4 Å². The molecule has 128 valence electrons. The van der Waals surface area contributed by atoms with Crippen molar-refractivity contribution >= 4 is 5.91 Å². The van der Waals surface area contributed by atoms with Crippen LogP contribution in [0.2, 0.25) is 0 Å². The molecule has 0 unspecified atom stereocenters. The molecular weight excluding hydrogens is 278 g/mol. The van der Waals surface area contributed by atoms with Crippen LogP contribution in [0.3, 0.4) is 0 Å². The SMILES string of the molecule is CC[C@@H]1CN(CCC(=O)N2CCCCC2)CCN1C[C@H](C)O. The van der Waals surface area contributed by atoms with Gasteiger partial charge in [-0.25, -0.2) is 0 Å². The minimum atomic E-state index is -0.263. The summed E-state index contributed by atoms with van der Waals surface area (Å²) in [6, 6.07) is 0.508. The zero-order valence-corrected chi connectivity index (χ0v) is 14.3. The van der Waals surface area contributed by atoms with Crippen molar-refractivity contribution < 1.29 is 9.90 Å². The van der Waals surface area contributed by atoms with Crippen molar-refractivity contribution in [1.82, 2.24) is 14.7 Å². The summed E-state index contributed by atoms with van der Waals surface area (Å²) >= 11 is 0. The molecule has 0 aromatic heterocycles. The standard InChI is InChI=1S/C17H33N3O2/c1-3-16-14-18(11-12-20(16)13-15(2)21)10-7-17(22)19-8-5-4-6-9-19/h15-16,21H,3-14H2,1-2H3/t15-,16+/m0/s1. The van der Waals surface area contributed by atoms with E-state index >= 15 is 0 Å². The average Bonchev–Trinajstić information content (AvgIpc) is 2.54. The Bertz CT molecular complexity index is 343. The Labute approximate surface area is 135 Å². The maximum atomic E-state index is 12.3. The number of β-amino-alcohol motifs (C(OH)–C–C–N with tert-alkyl or cyclic N) is 1. The first-order valence-electron chi connectivity index (χ1n) is 9.02. The van der Waals surface area contributed by atoms with Gasteiger partial charge in [0.15, 0.2) is 0 Å². The fraction of sp³-hybridized carbons (Fsp3) is 0.941. The number of piperazine rings is 1. The van der Waals surface area contributed by atoms with Crippen molar-refractivity contribution in [2.24, 2.45) is 0 Å². The number of hydrogen-bond donors (Lipinski definition) is 1. The molecule has 2 saturated heterocycles. The van der Waals surface area contributed by atoms with Crippen molar-refractivity contribution in [3.63, 3.8) is 0 Å². The van der Waals surface area contributed by atoms with Gasteiger partial charge in [-0.15, -0.1) is 0 Å². The molecule has 0 aliphatic carbocycles. The lowest BCUT2D eigenvalue weighted by Gasteiger charge is -2.41. The summed E-state index contributed by atoms with van der Waals surface area (Å²) in [6.07, 6.45) is 5.11. The first kappa shape index (κ1) is 17.7. The lowest BCUT2D eigenvalue weighted by molar-refractivity contribution is -0.132. The number of piperidine rings is 1. The number of carbonyl (C=O) groups excluding carboxylic acids is 1. The molecule has 0 spiro atoms. The van der Waals surface area contributed by atoms with Crippen LogP contribution in [-0.2, 0) is 4.79 Å². The molecule has 1 N–H and O–H groups in total. The predicted molar refractivity (Wildman–Crippen MR) is 88.8 cm³/mol. The molecular formula is C17H33N3O2. The molecule has 2 atom stereocenters. The molecule has 0 bridgehead atoms. The summed E-state index contributed by atoms with van der Waals surface area (Å²) in [5, 5.41) is 9.60. The number of carbonyl (C=O) groups is 1. The van der Waals surface area contributed by atoms with Gasteiger partial charge in [0.2, 0.25) is 5.91 Å². The van der Waals surface area contributed by atoms with Crippen LogP contribution in [0.1, 0.15) is 46.0 Å². The molecule has 5 heteroatoms. The Hall–Kier alpha value is -0.650. The number of aliphatic hydroxyl groups excluding tert-OH is 1. The van der Waals surface area contributed by atoms with E-state index in [0.717, 1.165) is 52.2 Å². The Morgan fingerprint density at radius 3 is 2.55 bits per heavy atom. The molecule has 2 heterocycles. The van der Waals surface area contributed by atoms with Crippen LogP contribution in [0.25, 0.3) is 0 Å². The molecule has 2 rings (SSSR count). The van der Waals surface area contributed by atoms with Gasteiger partial charge >= 0.3 is 0 Å². The summed E-state index contributed by atoms with van der Waals surface area (Å²) in [5.41, 5.74) is 0. The van der Waals surface area contributed by atoms with Crippen LogP contribution in [0.5, 0.6) is 0 Å². The van der Waals surface area contributed by atoms with E-state index in [-0.39, 0.29) is 6.10 Å². The van der Waals surface area contributed by atoms with Gasteiger partial charge in [0, 0.05) is 58.3 Å². The molecule has 1 amide bonds. The summed E-state index contributed by atoms with van der Waals surface area (Å²) in [5.74, 6) is 0.333. The molecule has 2 fully saturated rings. The maximum Gasteiger partial charge on any atom is 0.223 e. The van der Waals surface area contributed by atoms with Crippen molar-refractivity contribution in [2.75, 3.05) is 45.8 Å². The number of nitrogens with zero attached hydrogens (tertiary/aromatic N) is 3. The second kappa shape index (κ2) is 8.85. The van der Waals surface area contributed by atoms with Crippen molar-refractivity contribution in [3.05, 3.63) is 0 Å². The van der Waals surface area contributed by atoms with E-state index in [9.17, 15) is 9.90 Å². The summed E-state index contributed by atoms with van der Waals surface area (Å²) < 4.78 is 0. The van der Waals surface area contributed by atoms with Crippen LogP contribution in [-0.4, -0.2) is 83.7 Å². The third-order valence-corrected chi connectivity index (χ3v) is 5.01. The fourth-order valence-corrected chi connectivity index (χ4v) is 3.68. The van der Waals surface area contributed by atoms with Gasteiger partial charge in [-0.3, -0.25) is 14.6 Å². The fourth-order valence-electron chi connectivity index (χ4n) is 3.68. The van der Waals surface area contributed by atoms with Gasteiger partial charge in [-0.1, -0.05) is 6.92 Å². The molecule has 0 radical (unpaired) electrons. The van der Waals surface area contributed by atoms with Crippen molar-refractivity contribution in [1.29, 1.82) is 0 Å². The van der Waals surface area contributed by atoms with Crippen LogP contribution < -0.4 is 0 Å². The Morgan fingerprint density at radius 1 is 1.18 bits per heavy atom. The van der Waals surface area contributed by atoms with Gasteiger partial charge in [0.25, 0.3) is 0 Å². The van der Waals surface area contributed by atoms with E-state index in [2.05, 4.69) is 16.7 Å². The Balaban J connectivity index is 1.73. The lowest BCUT2D eigenvalue weighted by atomic mass is 10.1. The molecule has 0 saturated carbocycles. The van der Waals surface area contributed by atoms with Crippen LogP contribution in [0.4, 0.5) is 0 Å². The molecule has 2 aliphatic heterocycles. The number of aliphatic hydroxyl groups is 1. The van der Waals surface area contributed by atoms with Crippen molar-refractivity contribution in [2.45, 2.75) is 58.1 Å². The lowest BCUT2D eigenvalue weighted by Crippen LogP contribution is -2.54. The van der Waals surface area contributed by atoms with E-state index in [1.165, 1.54) is 19.3 Å². The highest BCUT2D eigenvalue weighted by molar-refractivity contribution is 5.76. The number of rotatable bonds is 6. The number of amides is 1. The van der Waals surface area contributed by atoms with E-state index < -0.39 is 0 Å². The molecule has 2 aliphatic rings. The van der Waals surface area contributed by atoms with Crippen LogP contribution >= 0.6 is 0 Å². The maximum absolute atomic E-state index is 12.3. The van der Waals surface area contributed by atoms with Crippen LogP contribution in [0.15, 0.2) is 0 Å². The van der Waals surface area contributed by atoms with E-state index in [1.807, 2.05) is 11.8 Å². The van der Waals surface area contributed by atoms with Crippen LogP contribution in [0, 0.1) is 0 Å². The third kappa shape index (κ3) is 5.21. The highest BCUT2D eigenvalue weighted by Gasteiger charge is 2.27. The van der Waals surface area contributed by atoms with Gasteiger partial charge in [0.05, 0.1) is 6.10 Å². The Kier molecular flexibility index (Phi) is 7.12. The van der Waals surface area contributed by atoms with Crippen molar-refractivity contribution in [3.8, 4) is 0 Å². The van der Waals surface area contributed by atoms with Gasteiger partial charge in [-0.2, -0.15) is 0 Å².